The summed E-state index contributed by atoms with van der Waals surface area (Å²) in [5, 5.41) is 3.40. The molecule has 0 saturated heterocycles. The van der Waals surface area contributed by atoms with Crippen molar-refractivity contribution in [2.24, 2.45) is 0 Å². The summed E-state index contributed by atoms with van der Waals surface area (Å²) in [4.78, 5) is 0. The van der Waals surface area contributed by atoms with Crippen LogP contribution in [0.4, 0.5) is 8.78 Å². The molecule has 0 radical (unpaired) electrons. The molecule has 106 valence electrons. The highest BCUT2D eigenvalue weighted by Crippen LogP contribution is 2.33. The van der Waals surface area contributed by atoms with Crippen LogP contribution in [0.2, 0.25) is 5.02 Å². The van der Waals surface area contributed by atoms with Gasteiger partial charge in [-0.1, -0.05) is 17.7 Å². The molecule has 20 heavy (non-hydrogen) atoms. The second kappa shape index (κ2) is 6.52. The molecule has 0 spiro atoms. The van der Waals surface area contributed by atoms with Gasteiger partial charge in [-0.3, -0.25) is 0 Å². The van der Waals surface area contributed by atoms with Crippen molar-refractivity contribution in [2.75, 3.05) is 7.05 Å². The van der Waals surface area contributed by atoms with Crippen LogP contribution in [0.15, 0.2) is 39.3 Å². The fourth-order valence-corrected chi connectivity index (χ4v) is 2.76. The predicted octanol–water partition coefficient (Wildman–Crippen LogP) is 5.45. The molecule has 0 aliphatic carbocycles. The molecule has 1 atom stereocenters. The van der Waals surface area contributed by atoms with Crippen LogP contribution in [0.25, 0.3) is 0 Å². The Morgan fingerprint density at radius 2 is 1.75 bits per heavy atom. The van der Waals surface area contributed by atoms with E-state index in [-0.39, 0.29) is 10.0 Å². The quantitative estimate of drug-likeness (QED) is 0.645. The van der Waals surface area contributed by atoms with Crippen LogP contribution in [0.3, 0.4) is 0 Å². The molecular weight excluding hydrogens is 415 g/mol. The van der Waals surface area contributed by atoms with Crippen molar-refractivity contribution in [2.45, 2.75) is 6.04 Å². The predicted molar refractivity (Wildman–Crippen MR) is 84.1 cm³/mol. The fraction of sp³-hybridized carbons (Fsp3) is 0.143. The lowest BCUT2D eigenvalue weighted by molar-refractivity contribution is 0.518. The lowest BCUT2D eigenvalue weighted by atomic mass is 9.98. The summed E-state index contributed by atoms with van der Waals surface area (Å²) in [6, 6.07) is 7.13. The van der Waals surface area contributed by atoms with E-state index in [0.29, 0.717) is 10.6 Å². The largest absolute Gasteiger partial charge is 0.309 e. The average Bonchev–Trinajstić information content (AvgIpc) is 2.42. The molecule has 0 fully saturated rings. The van der Waals surface area contributed by atoms with E-state index >= 15 is 0 Å². The molecule has 2 aromatic carbocycles. The third kappa shape index (κ3) is 3.06. The van der Waals surface area contributed by atoms with Gasteiger partial charge < -0.3 is 5.32 Å². The highest BCUT2D eigenvalue weighted by atomic mass is 79.9. The first kappa shape index (κ1) is 15.9. The topological polar surface area (TPSA) is 12.0 Å². The molecule has 0 amide bonds. The molecule has 2 aromatic rings. The van der Waals surface area contributed by atoms with Gasteiger partial charge in [-0.25, -0.2) is 8.78 Å². The maximum atomic E-state index is 14.2. The SMILES string of the molecule is CNC(c1ccc(Br)c(Cl)c1)c1c(F)ccc(Br)c1F. The monoisotopic (exact) mass is 423 g/mol. The number of benzene rings is 2. The number of hydrogen-bond acceptors (Lipinski definition) is 1. The Hall–Kier alpha value is -0.490. The Labute approximate surface area is 137 Å². The fourth-order valence-electron chi connectivity index (χ4n) is 1.98. The molecular formula is C14H10Br2ClF2N. The summed E-state index contributed by atoms with van der Waals surface area (Å²) >= 11 is 12.4. The van der Waals surface area contributed by atoms with Gasteiger partial charge in [0.1, 0.15) is 11.6 Å². The molecule has 2 rings (SSSR count). The van der Waals surface area contributed by atoms with E-state index in [0.717, 1.165) is 4.47 Å². The lowest BCUT2D eigenvalue weighted by Gasteiger charge is -2.19. The van der Waals surface area contributed by atoms with E-state index in [2.05, 4.69) is 37.2 Å². The first-order valence-electron chi connectivity index (χ1n) is 5.71. The Morgan fingerprint density at radius 1 is 1.10 bits per heavy atom. The molecule has 1 unspecified atom stereocenters. The molecule has 0 aliphatic rings. The van der Waals surface area contributed by atoms with Crippen LogP contribution in [0, 0.1) is 11.6 Å². The molecule has 0 saturated carbocycles. The van der Waals surface area contributed by atoms with Gasteiger partial charge in [-0.2, -0.15) is 0 Å². The number of hydrogen-bond donors (Lipinski definition) is 1. The minimum Gasteiger partial charge on any atom is -0.309 e. The Kier molecular flexibility index (Phi) is 5.18. The molecule has 6 heteroatoms. The molecule has 1 nitrogen and oxygen atoms in total. The Bertz CT molecular complexity index is 649. The van der Waals surface area contributed by atoms with Crippen LogP contribution in [-0.2, 0) is 0 Å². The first-order valence-corrected chi connectivity index (χ1v) is 7.67. The normalized spacial score (nSPS) is 12.5. The second-order valence-corrected chi connectivity index (χ2v) is 6.27. The number of rotatable bonds is 3. The zero-order chi connectivity index (χ0) is 14.9. The highest BCUT2D eigenvalue weighted by molar-refractivity contribution is 9.10. The van der Waals surface area contributed by atoms with Crippen molar-refractivity contribution in [1.29, 1.82) is 0 Å². The van der Waals surface area contributed by atoms with Crippen molar-refractivity contribution in [1.82, 2.24) is 5.32 Å². The Balaban J connectivity index is 2.58. The molecule has 0 bridgehead atoms. The van der Waals surface area contributed by atoms with Gasteiger partial charge in [-0.15, -0.1) is 0 Å². The summed E-state index contributed by atoms with van der Waals surface area (Å²) in [6.07, 6.45) is 0. The van der Waals surface area contributed by atoms with Gasteiger partial charge in [0.15, 0.2) is 0 Å². The zero-order valence-corrected chi connectivity index (χ0v) is 14.3. The number of nitrogens with one attached hydrogen (secondary N) is 1. The third-order valence-electron chi connectivity index (χ3n) is 2.93. The molecule has 0 aliphatic heterocycles. The summed E-state index contributed by atoms with van der Waals surface area (Å²) in [7, 11) is 1.64. The minimum atomic E-state index is -0.627. The van der Waals surface area contributed by atoms with Crippen LogP contribution < -0.4 is 5.32 Å². The van der Waals surface area contributed by atoms with Crippen LogP contribution in [0.5, 0.6) is 0 Å². The summed E-state index contributed by atoms with van der Waals surface area (Å²) < 4.78 is 29.1. The first-order chi connectivity index (χ1) is 9.45. The van der Waals surface area contributed by atoms with Gasteiger partial charge >= 0.3 is 0 Å². The van der Waals surface area contributed by atoms with Crippen molar-refractivity contribution in [3.63, 3.8) is 0 Å². The maximum absolute atomic E-state index is 14.2. The van der Waals surface area contributed by atoms with Gasteiger partial charge in [0.25, 0.3) is 0 Å². The number of halogens is 5. The zero-order valence-electron chi connectivity index (χ0n) is 10.4. The van der Waals surface area contributed by atoms with Crippen LogP contribution in [-0.4, -0.2) is 7.05 Å². The van der Waals surface area contributed by atoms with Gasteiger partial charge in [0.2, 0.25) is 0 Å². The standard InChI is InChI=1S/C14H10Br2ClF2N/c1-20-14(7-2-3-8(15)10(17)6-7)12-11(18)5-4-9(16)13(12)19/h2-6,14,20H,1H3. The second-order valence-electron chi connectivity index (χ2n) is 4.15. The van der Waals surface area contributed by atoms with E-state index in [1.807, 2.05) is 0 Å². The summed E-state index contributed by atoms with van der Waals surface area (Å²) in [5.74, 6) is -1.23. The summed E-state index contributed by atoms with van der Waals surface area (Å²) in [5.41, 5.74) is 0.636. The van der Waals surface area contributed by atoms with E-state index in [9.17, 15) is 8.78 Å². The van der Waals surface area contributed by atoms with E-state index < -0.39 is 17.7 Å². The van der Waals surface area contributed by atoms with Crippen molar-refractivity contribution >= 4 is 43.5 Å². The smallest absolute Gasteiger partial charge is 0.145 e. The average molecular weight is 425 g/mol. The van der Waals surface area contributed by atoms with Crippen molar-refractivity contribution < 1.29 is 8.78 Å². The van der Waals surface area contributed by atoms with Crippen molar-refractivity contribution in [3.05, 3.63) is 67.1 Å². The van der Waals surface area contributed by atoms with Gasteiger partial charge in [-0.05, 0) is 68.7 Å². The van der Waals surface area contributed by atoms with E-state index in [4.69, 9.17) is 11.6 Å². The van der Waals surface area contributed by atoms with Gasteiger partial charge in [0.05, 0.1) is 15.5 Å². The van der Waals surface area contributed by atoms with Crippen molar-refractivity contribution in [3.8, 4) is 0 Å². The van der Waals surface area contributed by atoms with Crippen LogP contribution >= 0.6 is 43.5 Å². The maximum Gasteiger partial charge on any atom is 0.145 e. The third-order valence-corrected chi connectivity index (χ3v) is 4.78. The summed E-state index contributed by atoms with van der Waals surface area (Å²) in [6.45, 7) is 0. The van der Waals surface area contributed by atoms with Crippen LogP contribution in [0.1, 0.15) is 17.2 Å². The molecule has 0 heterocycles. The van der Waals surface area contributed by atoms with E-state index in [1.54, 1.807) is 25.2 Å². The molecule has 1 N–H and O–H groups in total. The van der Waals surface area contributed by atoms with Gasteiger partial charge in [0, 0.05) is 10.0 Å². The molecule has 0 aromatic heterocycles. The Morgan fingerprint density at radius 3 is 2.35 bits per heavy atom. The highest BCUT2D eigenvalue weighted by Gasteiger charge is 2.22. The van der Waals surface area contributed by atoms with E-state index in [1.165, 1.54) is 12.1 Å². The minimum absolute atomic E-state index is 0.0414. The lowest BCUT2D eigenvalue weighted by Crippen LogP contribution is -2.20.